The molecule has 0 spiro atoms. The maximum absolute atomic E-state index is 11.9. The second-order valence-corrected chi connectivity index (χ2v) is 4.88. The van der Waals surface area contributed by atoms with E-state index >= 15 is 0 Å². The van der Waals surface area contributed by atoms with Crippen LogP contribution in [0.25, 0.3) is 0 Å². The van der Waals surface area contributed by atoms with Crippen LogP contribution in [0.2, 0.25) is 0 Å². The first-order chi connectivity index (χ1) is 8.26. The molecule has 0 bridgehead atoms. The molecule has 0 aromatic heterocycles. The van der Waals surface area contributed by atoms with Crippen LogP contribution in [-0.4, -0.2) is 55.9 Å². The number of carbonyl (C=O) groups excluding carboxylic acids is 1. The predicted molar refractivity (Wildman–Crippen MR) is 63.6 cm³/mol. The van der Waals surface area contributed by atoms with Gasteiger partial charge < -0.3 is 20.1 Å². The lowest BCUT2D eigenvalue weighted by molar-refractivity contribution is -0.146. The Kier molecular flexibility index (Phi) is 4.36. The molecule has 1 saturated carbocycles. The molecule has 2 N–H and O–H groups in total. The van der Waals surface area contributed by atoms with Crippen LogP contribution in [0.5, 0.6) is 0 Å². The van der Waals surface area contributed by atoms with Gasteiger partial charge in [-0.3, -0.25) is 4.79 Å². The van der Waals surface area contributed by atoms with Gasteiger partial charge in [0.25, 0.3) is 0 Å². The molecule has 5 heteroatoms. The number of hydrogen-bond donors (Lipinski definition) is 1. The Balaban J connectivity index is 1.78. The summed E-state index contributed by atoms with van der Waals surface area (Å²) in [6, 6.07) is 0. The van der Waals surface area contributed by atoms with E-state index in [-0.39, 0.29) is 18.1 Å². The van der Waals surface area contributed by atoms with Gasteiger partial charge in [-0.2, -0.15) is 0 Å². The Bertz CT molecular complexity index is 258. The number of nitrogens with zero attached hydrogens (tertiary/aromatic N) is 1. The van der Waals surface area contributed by atoms with E-state index in [0.717, 1.165) is 25.7 Å². The fraction of sp³-hybridized carbons (Fsp3) is 0.917. The first-order valence-corrected chi connectivity index (χ1v) is 6.45. The highest BCUT2D eigenvalue weighted by molar-refractivity contribution is 5.77. The minimum atomic E-state index is -0.234. The molecule has 2 aliphatic rings. The summed E-state index contributed by atoms with van der Waals surface area (Å²) >= 11 is 0. The summed E-state index contributed by atoms with van der Waals surface area (Å²) in [4.78, 5) is 13.7. The summed E-state index contributed by atoms with van der Waals surface area (Å²) in [5.74, 6) is 0.0630. The average molecular weight is 242 g/mol. The number of rotatable bonds is 4. The summed E-state index contributed by atoms with van der Waals surface area (Å²) in [5, 5.41) is 0. The second kappa shape index (κ2) is 5.80. The number of ether oxygens (including phenoxy) is 2. The van der Waals surface area contributed by atoms with Crippen molar-refractivity contribution in [1.82, 2.24) is 4.90 Å². The third-order valence-electron chi connectivity index (χ3n) is 3.75. The van der Waals surface area contributed by atoms with E-state index in [1.165, 1.54) is 0 Å². The van der Waals surface area contributed by atoms with Crippen LogP contribution in [0, 0.1) is 0 Å². The van der Waals surface area contributed by atoms with Crippen molar-refractivity contribution in [2.75, 3.05) is 39.5 Å². The van der Waals surface area contributed by atoms with Crippen molar-refractivity contribution < 1.29 is 14.3 Å². The number of hydrogen-bond acceptors (Lipinski definition) is 4. The van der Waals surface area contributed by atoms with Crippen LogP contribution < -0.4 is 5.73 Å². The van der Waals surface area contributed by atoms with Gasteiger partial charge in [0, 0.05) is 19.6 Å². The zero-order valence-corrected chi connectivity index (χ0v) is 10.3. The first kappa shape index (κ1) is 12.8. The molecule has 1 saturated heterocycles. The monoisotopic (exact) mass is 242 g/mol. The van der Waals surface area contributed by atoms with Crippen molar-refractivity contribution in [2.45, 2.75) is 31.3 Å². The second-order valence-electron chi connectivity index (χ2n) is 4.88. The van der Waals surface area contributed by atoms with Gasteiger partial charge in [0.05, 0.1) is 18.8 Å². The maximum Gasteiger partial charge on any atom is 0.248 e. The number of amides is 1. The van der Waals surface area contributed by atoms with Crippen LogP contribution in [0.4, 0.5) is 0 Å². The van der Waals surface area contributed by atoms with Crippen LogP contribution in [-0.2, 0) is 14.3 Å². The minimum absolute atomic E-state index is 0.0630. The molecule has 0 unspecified atom stereocenters. The summed E-state index contributed by atoms with van der Waals surface area (Å²) in [5.41, 5.74) is 5.53. The van der Waals surface area contributed by atoms with Crippen molar-refractivity contribution in [2.24, 2.45) is 5.73 Å². The van der Waals surface area contributed by atoms with E-state index in [1.807, 2.05) is 4.90 Å². The smallest absolute Gasteiger partial charge is 0.248 e. The quantitative estimate of drug-likeness (QED) is 0.761. The number of morpholine rings is 1. The number of carbonyl (C=O) groups is 1. The standard InChI is InChI=1S/C12H22N2O3/c13-10-12(3-1-2-4-12)17-9-11(15)14-5-7-16-8-6-14/h1-10,13H2. The molecule has 5 nitrogen and oxygen atoms in total. The molecule has 1 heterocycles. The molecule has 2 rings (SSSR count). The third-order valence-corrected chi connectivity index (χ3v) is 3.75. The van der Waals surface area contributed by atoms with E-state index in [1.54, 1.807) is 0 Å². The molecular weight excluding hydrogens is 220 g/mol. The Hall–Kier alpha value is -0.650. The van der Waals surface area contributed by atoms with E-state index < -0.39 is 0 Å². The molecule has 1 amide bonds. The first-order valence-electron chi connectivity index (χ1n) is 6.45. The van der Waals surface area contributed by atoms with Crippen molar-refractivity contribution in [3.05, 3.63) is 0 Å². The lowest BCUT2D eigenvalue weighted by Gasteiger charge is -2.31. The van der Waals surface area contributed by atoms with Crippen LogP contribution in [0.1, 0.15) is 25.7 Å². The lowest BCUT2D eigenvalue weighted by Crippen LogP contribution is -2.45. The Morgan fingerprint density at radius 2 is 1.94 bits per heavy atom. The highest BCUT2D eigenvalue weighted by atomic mass is 16.5. The summed E-state index contributed by atoms with van der Waals surface area (Å²) < 4.78 is 11.0. The predicted octanol–water partition coefficient (Wildman–Crippen LogP) is 0.133. The summed E-state index contributed by atoms with van der Waals surface area (Å²) in [6.07, 6.45) is 4.28. The fourth-order valence-electron chi connectivity index (χ4n) is 2.55. The van der Waals surface area contributed by atoms with Gasteiger partial charge in [-0.1, -0.05) is 12.8 Å². The molecule has 17 heavy (non-hydrogen) atoms. The summed E-state index contributed by atoms with van der Waals surface area (Å²) in [7, 11) is 0. The summed E-state index contributed by atoms with van der Waals surface area (Å²) in [6.45, 7) is 3.30. The van der Waals surface area contributed by atoms with Gasteiger partial charge in [-0.25, -0.2) is 0 Å². The van der Waals surface area contributed by atoms with Crippen molar-refractivity contribution in [3.8, 4) is 0 Å². The fourth-order valence-corrected chi connectivity index (χ4v) is 2.55. The van der Waals surface area contributed by atoms with Crippen LogP contribution in [0.15, 0.2) is 0 Å². The highest BCUT2D eigenvalue weighted by Gasteiger charge is 2.34. The molecular formula is C12H22N2O3. The minimum Gasteiger partial charge on any atom is -0.378 e. The van der Waals surface area contributed by atoms with Crippen LogP contribution >= 0.6 is 0 Å². The Labute approximate surface area is 102 Å². The van der Waals surface area contributed by atoms with Crippen LogP contribution in [0.3, 0.4) is 0 Å². The van der Waals surface area contributed by atoms with E-state index in [9.17, 15) is 4.79 Å². The van der Waals surface area contributed by atoms with Gasteiger partial charge >= 0.3 is 0 Å². The average Bonchev–Trinajstić information content (AvgIpc) is 2.86. The molecule has 0 atom stereocenters. The largest absolute Gasteiger partial charge is 0.378 e. The molecule has 98 valence electrons. The molecule has 0 aromatic rings. The zero-order valence-electron chi connectivity index (χ0n) is 10.3. The molecule has 2 fully saturated rings. The van der Waals surface area contributed by atoms with Crippen molar-refractivity contribution in [3.63, 3.8) is 0 Å². The molecule has 1 aliphatic heterocycles. The lowest BCUT2D eigenvalue weighted by atomic mass is 10.0. The molecule has 0 radical (unpaired) electrons. The van der Waals surface area contributed by atoms with Gasteiger partial charge in [0.1, 0.15) is 6.61 Å². The topological polar surface area (TPSA) is 64.8 Å². The Morgan fingerprint density at radius 1 is 1.29 bits per heavy atom. The maximum atomic E-state index is 11.9. The highest BCUT2D eigenvalue weighted by Crippen LogP contribution is 2.32. The van der Waals surface area contributed by atoms with Gasteiger partial charge in [0.15, 0.2) is 0 Å². The SMILES string of the molecule is NCC1(OCC(=O)N2CCOCC2)CCCC1. The number of nitrogens with two attached hydrogens (primary N) is 1. The third kappa shape index (κ3) is 3.18. The van der Waals surface area contributed by atoms with Gasteiger partial charge in [-0.15, -0.1) is 0 Å². The van der Waals surface area contributed by atoms with E-state index in [4.69, 9.17) is 15.2 Å². The zero-order chi connectivity index (χ0) is 12.1. The van der Waals surface area contributed by atoms with Gasteiger partial charge in [0.2, 0.25) is 5.91 Å². The van der Waals surface area contributed by atoms with E-state index in [0.29, 0.717) is 32.8 Å². The van der Waals surface area contributed by atoms with Gasteiger partial charge in [-0.05, 0) is 12.8 Å². The molecule has 1 aliphatic carbocycles. The van der Waals surface area contributed by atoms with Crippen molar-refractivity contribution in [1.29, 1.82) is 0 Å². The van der Waals surface area contributed by atoms with Crippen molar-refractivity contribution >= 4 is 5.91 Å². The normalized spacial score (nSPS) is 23.9. The molecule has 0 aromatic carbocycles. The Morgan fingerprint density at radius 3 is 2.53 bits per heavy atom. The van der Waals surface area contributed by atoms with E-state index in [2.05, 4.69) is 0 Å².